The zero-order valence-electron chi connectivity index (χ0n) is 15.9. The SMILES string of the molecule is CCNC(=NCC(C)c1c(C)noc1C)NC(C)CCS(C)(=O)=O.I. The Morgan fingerprint density at radius 2 is 1.96 bits per heavy atom. The summed E-state index contributed by atoms with van der Waals surface area (Å²) in [5, 5.41) is 10.4. The molecule has 146 valence electrons. The van der Waals surface area contributed by atoms with Crippen molar-refractivity contribution in [3.8, 4) is 0 Å². The van der Waals surface area contributed by atoms with Crippen LogP contribution < -0.4 is 10.6 Å². The van der Waals surface area contributed by atoms with Crippen molar-refractivity contribution in [2.24, 2.45) is 4.99 Å². The number of halogens is 1. The van der Waals surface area contributed by atoms with Gasteiger partial charge in [-0.3, -0.25) is 4.99 Å². The Hall–Kier alpha value is -0.840. The van der Waals surface area contributed by atoms with Crippen LogP contribution >= 0.6 is 24.0 Å². The lowest BCUT2D eigenvalue weighted by atomic mass is 10.00. The summed E-state index contributed by atoms with van der Waals surface area (Å²) in [5.74, 6) is 1.88. The van der Waals surface area contributed by atoms with Gasteiger partial charge in [0.2, 0.25) is 0 Å². The summed E-state index contributed by atoms with van der Waals surface area (Å²) in [6.07, 6.45) is 1.80. The van der Waals surface area contributed by atoms with Gasteiger partial charge in [-0.25, -0.2) is 8.42 Å². The first-order chi connectivity index (χ1) is 11.1. The lowest BCUT2D eigenvalue weighted by Crippen LogP contribution is -2.43. The maximum absolute atomic E-state index is 11.3. The fraction of sp³-hybridized carbons (Fsp3) is 0.750. The Bertz CT molecular complexity index is 639. The van der Waals surface area contributed by atoms with Crippen molar-refractivity contribution in [2.75, 3.05) is 25.1 Å². The smallest absolute Gasteiger partial charge is 0.191 e. The highest BCUT2D eigenvalue weighted by Gasteiger charge is 2.16. The third-order valence-corrected chi connectivity index (χ3v) is 4.73. The van der Waals surface area contributed by atoms with Crippen molar-refractivity contribution in [2.45, 2.75) is 53.0 Å². The Morgan fingerprint density at radius 3 is 2.44 bits per heavy atom. The van der Waals surface area contributed by atoms with Crippen molar-refractivity contribution in [3.63, 3.8) is 0 Å². The predicted octanol–water partition coefficient (Wildman–Crippen LogP) is 2.39. The lowest BCUT2D eigenvalue weighted by molar-refractivity contribution is 0.391. The van der Waals surface area contributed by atoms with Crippen molar-refractivity contribution in [1.82, 2.24) is 15.8 Å². The molecule has 0 saturated carbocycles. The molecular formula is C16H31IN4O3S. The number of aryl methyl sites for hydroxylation is 2. The number of guanidine groups is 1. The molecule has 7 nitrogen and oxygen atoms in total. The second kappa shape index (κ2) is 11.0. The molecule has 2 atom stereocenters. The zero-order chi connectivity index (χ0) is 18.3. The maximum atomic E-state index is 11.3. The highest BCUT2D eigenvalue weighted by molar-refractivity contribution is 14.0. The molecule has 0 aliphatic heterocycles. The average molecular weight is 486 g/mol. The van der Waals surface area contributed by atoms with E-state index in [9.17, 15) is 8.42 Å². The average Bonchev–Trinajstić information content (AvgIpc) is 2.81. The molecule has 1 heterocycles. The number of aliphatic imine (C=N–C) groups is 1. The highest BCUT2D eigenvalue weighted by atomic mass is 127. The fourth-order valence-corrected chi connectivity index (χ4v) is 3.31. The van der Waals surface area contributed by atoms with E-state index in [4.69, 9.17) is 4.52 Å². The lowest BCUT2D eigenvalue weighted by Gasteiger charge is -2.18. The molecular weight excluding hydrogens is 455 g/mol. The minimum atomic E-state index is -2.95. The zero-order valence-corrected chi connectivity index (χ0v) is 19.1. The quantitative estimate of drug-likeness (QED) is 0.333. The van der Waals surface area contributed by atoms with Gasteiger partial charge in [-0.1, -0.05) is 12.1 Å². The summed E-state index contributed by atoms with van der Waals surface area (Å²) < 4.78 is 27.8. The molecule has 2 N–H and O–H groups in total. The van der Waals surface area contributed by atoms with Gasteiger partial charge < -0.3 is 15.2 Å². The normalized spacial score (nSPS) is 14.6. The number of nitrogens with one attached hydrogen (secondary N) is 2. The first-order valence-corrected chi connectivity index (χ1v) is 10.4. The third kappa shape index (κ3) is 8.89. The van der Waals surface area contributed by atoms with Crippen molar-refractivity contribution >= 4 is 39.8 Å². The van der Waals surface area contributed by atoms with E-state index in [1.165, 1.54) is 6.26 Å². The van der Waals surface area contributed by atoms with Crippen LogP contribution in [0.4, 0.5) is 0 Å². The van der Waals surface area contributed by atoms with Crippen LogP contribution in [-0.4, -0.2) is 50.7 Å². The second-order valence-electron chi connectivity index (χ2n) is 6.32. The molecule has 0 aromatic carbocycles. The van der Waals surface area contributed by atoms with Crippen molar-refractivity contribution in [3.05, 3.63) is 17.0 Å². The maximum Gasteiger partial charge on any atom is 0.191 e. The van der Waals surface area contributed by atoms with Gasteiger partial charge in [0.25, 0.3) is 0 Å². The van der Waals surface area contributed by atoms with Gasteiger partial charge in [0, 0.05) is 36.9 Å². The largest absolute Gasteiger partial charge is 0.361 e. The number of nitrogens with zero attached hydrogens (tertiary/aromatic N) is 2. The van der Waals surface area contributed by atoms with Crippen molar-refractivity contribution < 1.29 is 12.9 Å². The van der Waals surface area contributed by atoms with E-state index in [1.54, 1.807) is 0 Å². The van der Waals surface area contributed by atoms with Gasteiger partial charge in [-0.15, -0.1) is 24.0 Å². The minimum absolute atomic E-state index is 0. The number of hydrogen-bond acceptors (Lipinski definition) is 5. The monoisotopic (exact) mass is 486 g/mol. The van der Waals surface area contributed by atoms with Crippen LogP contribution in [0.2, 0.25) is 0 Å². The molecule has 0 aliphatic rings. The Morgan fingerprint density at radius 1 is 1.32 bits per heavy atom. The van der Waals surface area contributed by atoms with Gasteiger partial charge in [-0.05, 0) is 34.1 Å². The molecule has 2 unspecified atom stereocenters. The number of sulfone groups is 1. The minimum Gasteiger partial charge on any atom is -0.361 e. The van der Waals surface area contributed by atoms with E-state index in [0.29, 0.717) is 18.9 Å². The second-order valence-corrected chi connectivity index (χ2v) is 8.58. The molecule has 0 fully saturated rings. The van der Waals surface area contributed by atoms with Gasteiger partial charge >= 0.3 is 0 Å². The Labute approximate surface area is 168 Å². The first-order valence-electron chi connectivity index (χ1n) is 8.29. The molecule has 0 amide bonds. The molecule has 0 aliphatic carbocycles. The van der Waals surface area contributed by atoms with E-state index in [1.807, 2.05) is 27.7 Å². The number of aromatic nitrogens is 1. The van der Waals surface area contributed by atoms with Gasteiger partial charge in [-0.2, -0.15) is 0 Å². The summed E-state index contributed by atoms with van der Waals surface area (Å²) in [4.78, 5) is 4.61. The first kappa shape index (κ1) is 24.2. The number of hydrogen-bond donors (Lipinski definition) is 2. The van der Waals surface area contributed by atoms with Crippen LogP contribution in [0.3, 0.4) is 0 Å². The summed E-state index contributed by atoms with van der Waals surface area (Å²) in [7, 11) is -2.95. The van der Waals surface area contributed by atoms with E-state index in [2.05, 4.69) is 27.7 Å². The van der Waals surface area contributed by atoms with Gasteiger partial charge in [0.05, 0.1) is 11.4 Å². The molecule has 1 aromatic heterocycles. The Balaban J connectivity index is 0.00000576. The van der Waals surface area contributed by atoms with Gasteiger partial charge in [0.1, 0.15) is 15.6 Å². The van der Waals surface area contributed by atoms with Crippen LogP contribution in [0, 0.1) is 13.8 Å². The summed E-state index contributed by atoms with van der Waals surface area (Å²) in [6, 6.07) is 0.0203. The molecule has 0 spiro atoms. The molecule has 9 heteroatoms. The molecule has 0 bridgehead atoms. The van der Waals surface area contributed by atoms with Crippen LogP contribution in [0.1, 0.15) is 50.1 Å². The molecule has 0 saturated heterocycles. The van der Waals surface area contributed by atoms with Gasteiger partial charge in [0.15, 0.2) is 5.96 Å². The van der Waals surface area contributed by atoms with Crippen LogP contribution in [-0.2, 0) is 9.84 Å². The van der Waals surface area contributed by atoms with E-state index < -0.39 is 9.84 Å². The topological polar surface area (TPSA) is 96.6 Å². The molecule has 0 radical (unpaired) electrons. The van der Waals surface area contributed by atoms with E-state index >= 15 is 0 Å². The number of rotatable bonds is 8. The highest BCUT2D eigenvalue weighted by Crippen LogP contribution is 2.23. The fourth-order valence-electron chi connectivity index (χ4n) is 2.53. The standard InChI is InChI=1S/C16H30N4O3S.HI/c1-7-17-16(19-12(3)8-9-24(6,21)22)18-10-11(2)15-13(4)20-23-14(15)5;/h11-12H,7-10H2,1-6H3,(H2,17,18,19);1H. The predicted molar refractivity (Wildman–Crippen MR) is 113 cm³/mol. The summed E-state index contributed by atoms with van der Waals surface area (Å²) in [5.41, 5.74) is 1.99. The third-order valence-electron chi connectivity index (χ3n) is 3.75. The summed E-state index contributed by atoms with van der Waals surface area (Å²) >= 11 is 0. The van der Waals surface area contributed by atoms with E-state index in [0.717, 1.165) is 23.6 Å². The van der Waals surface area contributed by atoms with E-state index in [-0.39, 0.29) is 41.7 Å². The Kier molecular flexibility index (Phi) is 10.6. The molecule has 1 rings (SSSR count). The molecule has 1 aromatic rings. The molecule has 25 heavy (non-hydrogen) atoms. The van der Waals surface area contributed by atoms with Crippen molar-refractivity contribution in [1.29, 1.82) is 0 Å². The van der Waals surface area contributed by atoms with Crippen LogP contribution in [0.5, 0.6) is 0 Å². The van der Waals surface area contributed by atoms with Crippen LogP contribution in [0.25, 0.3) is 0 Å². The van der Waals surface area contributed by atoms with Crippen LogP contribution in [0.15, 0.2) is 9.52 Å². The summed E-state index contributed by atoms with van der Waals surface area (Å²) in [6.45, 7) is 11.2.